The molecule has 9 heteroatoms. The van der Waals surface area contributed by atoms with Crippen LogP contribution in [0.3, 0.4) is 0 Å². The van der Waals surface area contributed by atoms with Crippen molar-refractivity contribution in [1.29, 1.82) is 0 Å². The fraction of sp³-hybridized carbons (Fsp3) is 0.636. The van der Waals surface area contributed by atoms with Crippen molar-refractivity contribution in [2.45, 2.75) is 63.5 Å². The fourth-order valence-corrected chi connectivity index (χ4v) is 5.46. The molecule has 1 N–H and O–H groups in total. The van der Waals surface area contributed by atoms with Crippen molar-refractivity contribution in [3.63, 3.8) is 0 Å². The minimum atomic E-state index is -3.74. The fourth-order valence-electron chi connectivity index (χ4n) is 4.03. The Bertz CT molecular complexity index is 911. The van der Waals surface area contributed by atoms with E-state index in [0.29, 0.717) is 24.7 Å². The van der Waals surface area contributed by atoms with Crippen LogP contribution in [0.15, 0.2) is 23.1 Å². The second-order valence-electron chi connectivity index (χ2n) is 8.42. The maximum atomic E-state index is 12.9. The van der Waals surface area contributed by atoms with Gasteiger partial charge in [-0.1, -0.05) is 25.8 Å². The summed E-state index contributed by atoms with van der Waals surface area (Å²) >= 11 is 0. The second kappa shape index (κ2) is 10.1. The lowest BCUT2D eigenvalue weighted by Gasteiger charge is -2.30. The molecule has 1 heterocycles. The first kappa shape index (κ1) is 23.7. The predicted molar refractivity (Wildman–Crippen MR) is 115 cm³/mol. The maximum absolute atomic E-state index is 12.9. The number of esters is 1. The van der Waals surface area contributed by atoms with E-state index in [2.05, 4.69) is 12.2 Å². The Morgan fingerprint density at radius 1 is 1.19 bits per heavy atom. The number of hydrogen-bond donors (Lipinski definition) is 1. The van der Waals surface area contributed by atoms with Gasteiger partial charge < -0.3 is 14.8 Å². The Kier molecular flexibility index (Phi) is 7.72. The van der Waals surface area contributed by atoms with Crippen LogP contribution in [-0.4, -0.2) is 63.0 Å². The summed E-state index contributed by atoms with van der Waals surface area (Å²) in [5.74, 6) is -0.650. The molecule has 1 aromatic rings. The largest absolute Gasteiger partial charge is 0.449 e. The number of rotatable bonds is 6. The second-order valence-corrected chi connectivity index (χ2v) is 10.4. The molecule has 1 aliphatic heterocycles. The number of ether oxygens (including phenoxy) is 2. The molecule has 1 aromatic carbocycles. The third-order valence-electron chi connectivity index (χ3n) is 6.13. The smallest absolute Gasteiger partial charge is 0.339 e. The van der Waals surface area contributed by atoms with E-state index in [0.717, 1.165) is 19.3 Å². The van der Waals surface area contributed by atoms with Crippen molar-refractivity contribution in [1.82, 2.24) is 9.62 Å². The summed E-state index contributed by atoms with van der Waals surface area (Å²) in [4.78, 5) is 25.3. The van der Waals surface area contributed by atoms with Crippen LogP contribution >= 0.6 is 0 Å². The zero-order valence-electron chi connectivity index (χ0n) is 18.4. The zero-order chi connectivity index (χ0) is 22.6. The average Bonchev–Trinajstić information content (AvgIpc) is 2.76. The highest BCUT2D eigenvalue weighted by atomic mass is 32.2. The van der Waals surface area contributed by atoms with Crippen molar-refractivity contribution in [3.8, 4) is 0 Å². The van der Waals surface area contributed by atoms with E-state index in [1.165, 1.54) is 29.8 Å². The summed E-state index contributed by atoms with van der Waals surface area (Å²) in [5, 5.41) is 2.99. The number of sulfonamides is 1. The van der Waals surface area contributed by atoms with E-state index < -0.39 is 22.1 Å². The molecule has 1 amide bonds. The van der Waals surface area contributed by atoms with Crippen LogP contribution in [0.2, 0.25) is 0 Å². The van der Waals surface area contributed by atoms with Crippen LogP contribution in [-0.2, 0) is 24.3 Å². The molecule has 31 heavy (non-hydrogen) atoms. The molecular weight excluding hydrogens is 420 g/mol. The van der Waals surface area contributed by atoms with Crippen molar-refractivity contribution in [2.75, 3.05) is 26.3 Å². The number of benzene rings is 1. The van der Waals surface area contributed by atoms with Crippen LogP contribution < -0.4 is 5.32 Å². The number of morpholine rings is 1. The summed E-state index contributed by atoms with van der Waals surface area (Å²) in [6, 6.07) is 4.48. The van der Waals surface area contributed by atoms with Crippen LogP contribution in [0, 0.1) is 12.8 Å². The lowest BCUT2D eigenvalue weighted by molar-refractivity contribution is -0.130. The van der Waals surface area contributed by atoms with Gasteiger partial charge >= 0.3 is 5.97 Å². The molecule has 3 atom stereocenters. The number of carbonyl (C=O) groups excluding carboxylic acids is 2. The van der Waals surface area contributed by atoms with Crippen molar-refractivity contribution in [3.05, 3.63) is 29.3 Å². The Balaban J connectivity index is 1.69. The normalized spacial score (nSPS) is 23.7. The number of carbonyl (C=O) groups is 2. The molecule has 8 nitrogen and oxygen atoms in total. The van der Waals surface area contributed by atoms with Gasteiger partial charge in [0.05, 0.1) is 23.7 Å². The summed E-state index contributed by atoms with van der Waals surface area (Å²) in [5.41, 5.74) is 0.722. The molecule has 0 spiro atoms. The molecule has 2 aliphatic rings. The molecule has 3 unspecified atom stereocenters. The number of hydrogen-bond acceptors (Lipinski definition) is 6. The third kappa shape index (κ3) is 5.64. The van der Waals surface area contributed by atoms with Gasteiger partial charge in [0.1, 0.15) is 0 Å². The van der Waals surface area contributed by atoms with E-state index in [4.69, 9.17) is 9.47 Å². The minimum absolute atomic E-state index is 0.0279. The zero-order valence-corrected chi connectivity index (χ0v) is 19.2. The van der Waals surface area contributed by atoms with Crippen molar-refractivity contribution in [2.24, 2.45) is 5.92 Å². The lowest BCUT2D eigenvalue weighted by Crippen LogP contribution is -2.46. The monoisotopic (exact) mass is 452 g/mol. The van der Waals surface area contributed by atoms with Crippen LogP contribution in [0.5, 0.6) is 0 Å². The first-order chi connectivity index (χ1) is 14.7. The summed E-state index contributed by atoms with van der Waals surface area (Å²) < 4.78 is 37.8. The molecular formula is C22H32N2O6S. The average molecular weight is 453 g/mol. The van der Waals surface area contributed by atoms with E-state index in [-0.39, 0.29) is 35.5 Å². The SMILES string of the molecule is Cc1ccc(S(=O)(=O)N2CCOCC2)cc1C(=O)OC(C)C(=O)NC1CCCCC1C. The van der Waals surface area contributed by atoms with Crippen LogP contribution in [0.1, 0.15) is 55.5 Å². The summed E-state index contributed by atoms with van der Waals surface area (Å²) in [6.45, 7) is 6.57. The Hall–Kier alpha value is -1.97. The molecule has 172 valence electrons. The van der Waals surface area contributed by atoms with Crippen LogP contribution in [0.25, 0.3) is 0 Å². The van der Waals surface area contributed by atoms with Gasteiger partial charge in [0.15, 0.2) is 6.10 Å². The van der Waals surface area contributed by atoms with E-state index in [9.17, 15) is 18.0 Å². The molecule has 0 radical (unpaired) electrons. The number of nitrogens with zero attached hydrogens (tertiary/aromatic N) is 1. The molecule has 1 aliphatic carbocycles. The summed E-state index contributed by atoms with van der Waals surface area (Å²) in [7, 11) is -3.74. The first-order valence-electron chi connectivity index (χ1n) is 10.9. The Morgan fingerprint density at radius 3 is 2.55 bits per heavy atom. The third-order valence-corrected chi connectivity index (χ3v) is 8.02. The quantitative estimate of drug-likeness (QED) is 0.665. The number of amides is 1. The van der Waals surface area contributed by atoms with Gasteiger partial charge in [-0.25, -0.2) is 13.2 Å². The molecule has 2 fully saturated rings. The van der Waals surface area contributed by atoms with Crippen LogP contribution in [0.4, 0.5) is 0 Å². The number of aryl methyl sites for hydroxylation is 1. The lowest BCUT2D eigenvalue weighted by atomic mass is 9.86. The van der Waals surface area contributed by atoms with Gasteiger partial charge in [0, 0.05) is 19.1 Å². The molecule has 1 saturated heterocycles. The van der Waals surface area contributed by atoms with Gasteiger partial charge in [-0.3, -0.25) is 4.79 Å². The van der Waals surface area contributed by atoms with Gasteiger partial charge in [0.2, 0.25) is 10.0 Å². The first-order valence-corrected chi connectivity index (χ1v) is 12.3. The van der Waals surface area contributed by atoms with Gasteiger partial charge in [-0.05, 0) is 50.3 Å². The highest BCUT2D eigenvalue weighted by Crippen LogP contribution is 2.24. The minimum Gasteiger partial charge on any atom is -0.449 e. The van der Waals surface area contributed by atoms with Crippen molar-refractivity contribution >= 4 is 21.9 Å². The van der Waals surface area contributed by atoms with Gasteiger partial charge in [-0.2, -0.15) is 4.31 Å². The molecule has 0 aromatic heterocycles. The molecule has 1 saturated carbocycles. The maximum Gasteiger partial charge on any atom is 0.339 e. The molecule has 3 rings (SSSR count). The number of nitrogens with one attached hydrogen (secondary N) is 1. The van der Waals surface area contributed by atoms with Gasteiger partial charge in [-0.15, -0.1) is 0 Å². The van der Waals surface area contributed by atoms with E-state index >= 15 is 0 Å². The molecule has 0 bridgehead atoms. The highest BCUT2D eigenvalue weighted by molar-refractivity contribution is 7.89. The van der Waals surface area contributed by atoms with E-state index in [1.54, 1.807) is 13.0 Å². The van der Waals surface area contributed by atoms with E-state index in [1.807, 2.05) is 0 Å². The Labute approximate surface area is 184 Å². The Morgan fingerprint density at radius 2 is 1.87 bits per heavy atom. The highest BCUT2D eigenvalue weighted by Gasteiger charge is 2.29. The van der Waals surface area contributed by atoms with Crippen molar-refractivity contribution < 1.29 is 27.5 Å². The predicted octanol–water partition coefficient (Wildman–Crippen LogP) is 2.26. The topological polar surface area (TPSA) is 102 Å². The van der Waals surface area contributed by atoms with Gasteiger partial charge in [0.25, 0.3) is 5.91 Å². The summed E-state index contributed by atoms with van der Waals surface area (Å²) in [6.07, 6.45) is 3.27. The standard InChI is InChI=1S/C22H32N2O6S/c1-15-8-9-18(31(27,28)24-10-12-29-13-11-24)14-19(15)22(26)30-17(3)21(25)23-20-7-5-4-6-16(20)2/h8-9,14,16-17,20H,4-7,10-13H2,1-3H3,(H,23,25).